The maximum absolute atomic E-state index is 12.3. The molecule has 0 saturated carbocycles. The Morgan fingerprint density at radius 2 is 1.80 bits per heavy atom. The third-order valence-corrected chi connectivity index (χ3v) is 4.14. The molecule has 2 heterocycles. The lowest BCUT2D eigenvalue weighted by molar-refractivity contribution is -0.135. The third kappa shape index (κ3) is 2.94. The number of rotatable bonds is 1. The molecule has 1 N–H and O–H groups in total. The van der Waals surface area contributed by atoms with Crippen LogP contribution >= 0.6 is 0 Å². The number of carbonyl (C=O) groups excluding carboxylic acids is 3. The topological polar surface area (TPSA) is 69.7 Å². The molecule has 1 spiro atoms. The van der Waals surface area contributed by atoms with E-state index in [4.69, 9.17) is 0 Å². The molecule has 1 unspecified atom stereocenters. The van der Waals surface area contributed by atoms with Crippen molar-refractivity contribution in [3.63, 3.8) is 0 Å². The lowest BCUT2D eigenvalue weighted by atomic mass is 9.85. The van der Waals surface area contributed by atoms with Crippen molar-refractivity contribution >= 4 is 17.7 Å². The van der Waals surface area contributed by atoms with E-state index in [1.54, 1.807) is 4.90 Å². The monoisotopic (exact) mass is 281 g/mol. The van der Waals surface area contributed by atoms with Crippen LogP contribution in [-0.4, -0.2) is 60.2 Å². The number of hydrogen-bond donors (Lipinski definition) is 1. The predicted octanol–water partition coefficient (Wildman–Crippen LogP) is -0.161. The van der Waals surface area contributed by atoms with Crippen molar-refractivity contribution in [2.45, 2.75) is 27.2 Å². The van der Waals surface area contributed by atoms with Gasteiger partial charge in [0.25, 0.3) is 0 Å². The second-order valence-electron chi connectivity index (χ2n) is 6.31. The summed E-state index contributed by atoms with van der Waals surface area (Å²) in [7, 11) is 0. The highest BCUT2D eigenvalue weighted by Gasteiger charge is 2.44. The van der Waals surface area contributed by atoms with Gasteiger partial charge in [0.15, 0.2) is 0 Å². The summed E-state index contributed by atoms with van der Waals surface area (Å²) in [6.45, 7) is 8.02. The molecule has 2 fully saturated rings. The molecule has 3 amide bonds. The van der Waals surface area contributed by atoms with E-state index in [9.17, 15) is 14.4 Å². The normalized spacial score (nSPS) is 26.9. The minimum Gasteiger partial charge on any atom is -0.355 e. The summed E-state index contributed by atoms with van der Waals surface area (Å²) >= 11 is 0. The van der Waals surface area contributed by atoms with Gasteiger partial charge >= 0.3 is 0 Å². The SMILES string of the molecule is CC(=O)N1CCN(C(=O)C(C)C)CC2(CNC(=O)C2)C1. The summed E-state index contributed by atoms with van der Waals surface area (Å²) in [6, 6.07) is 0. The first-order valence-electron chi connectivity index (χ1n) is 7.14. The van der Waals surface area contributed by atoms with Gasteiger partial charge in [0.05, 0.1) is 0 Å². The van der Waals surface area contributed by atoms with Crippen LogP contribution in [0.4, 0.5) is 0 Å². The fourth-order valence-electron chi connectivity index (χ4n) is 3.06. The number of nitrogens with one attached hydrogen (secondary N) is 1. The molecule has 0 radical (unpaired) electrons. The van der Waals surface area contributed by atoms with Gasteiger partial charge in [0.2, 0.25) is 17.7 Å². The first kappa shape index (κ1) is 14.8. The highest BCUT2D eigenvalue weighted by Crippen LogP contribution is 2.31. The zero-order valence-corrected chi connectivity index (χ0v) is 12.4. The quantitative estimate of drug-likeness (QED) is 0.726. The second-order valence-corrected chi connectivity index (χ2v) is 6.31. The van der Waals surface area contributed by atoms with Gasteiger partial charge in [-0.3, -0.25) is 14.4 Å². The van der Waals surface area contributed by atoms with Crippen LogP contribution in [0.15, 0.2) is 0 Å². The van der Waals surface area contributed by atoms with Crippen molar-refractivity contribution in [2.75, 3.05) is 32.7 Å². The summed E-state index contributed by atoms with van der Waals surface area (Å²) in [5.41, 5.74) is -0.330. The van der Waals surface area contributed by atoms with E-state index in [1.807, 2.05) is 18.7 Å². The van der Waals surface area contributed by atoms with Crippen LogP contribution in [-0.2, 0) is 14.4 Å². The summed E-state index contributed by atoms with van der Waals surface area (Å²) in [4.78, 5) is 39.1. The van der Waals surface area contributed by atoms with E-state index >= 15 is 0 Å². The van der Waals surface area contributed by atoms with Gasteiger partial charge in [-0.15, -0.1) is 0 Å². The minimum absolute atomic E-state index is 0.00238. The van der Waals surface area contributed by atoms with Crippen LogP contribution in [0.25, 0.3) is 0 Å². The maximum Gasteiger partial charge on any atom is 0.225 e. The van der Waals surface area contributed by atoms with Crippen LogP contribution in [0.2, 0.25) is 0 Å². The molecule has 2 rings (SSSR count). The van der Waals surface area contributed by atoms with E-state index in [2.05, 4.69) is 5.32 Å². The summed E-state index contributed by atoms with van der Waals surface area (Å²) in [5.74, 6) is 0.0324. The Morgan fingerprint density at radius 1 is 1.20 bits per heavy atom. The van der Waals surface area contributed by atoms with Gasteiger partial charge in [-0.05, 0) is 0 Å². The van der Waals surface area contributed by atoms with Gasteiger partial charge in [-0.25, -0.2) is 0 Å². The molecule has 6 nitrogen and oxygen atoms in total. The van der Waals surface area contributed by atoms with Gasteiger partial charge < -0.3 is 15.1 Å². The fourth-order valence-corrected chi connectivity index (χ4v) is 3.06. The summed E-state index contributed by atoms with van der Waals surface area (Å²) in [6.07, 6.45) is 0.388. The first-order valence-corrected chi connectivity index (χ1v) is 7.14. The van der Waals surface area contributed by atoms with E-state index in [0.29, 0.717) is 39.1 Å². The molecular formula is C14H23N3O3. The van der Waals surface area contributed by atoms with Gasteiger partial charge in [-0.2, -0.15) is 0 Å². The molecule has 0 aromatic heterocycles. The average molecular weight is 281 g/mol. The minimum atomic E-state index is -0.330. The van der Waals surface area contributed by atoms with Gasteiger partial charge in [0.1, 0.15) is 0 Å². The number of hydrogen-bond acceptors (Lipinski definition) is 3. The molecule has 0 aliphatic carbocycles. The van der Waals surface area contributed by atoms with Crippen molar-refractivity contribution in [1.82, 2.24) is 15.1 Å². The zero-order valence-electron chi connectivity index (χ0n) is 12.4. The number of nitrogens with zero attached hydrogens (tertiary/aromatic N) is 2. The highest BCUT2D eigenvalue weighted by molar-refractivity contribution is 5.81. The molecule has 6 heteroatoms. The largest absolute Gasteiger partial charge is 0.355 e. The maximum atomic E-state index is 12.3. The predicted molar refractivity (Wildman–Crippen MR) is 73.7 cm³/mol. The number of carbonyl (C=O) groups is 3. The van der Waals surface area contributed by atoms with Crippen LogP contribution in [0.1, 0.15) is 27.2 Å². The second kappa shape index (κ2) is 5.42. The molecule has 1 atom stereocenters. The van der Waals surface area contributed by atoms with E-state index in [-0.39, 0.29) is 29.1 Å². The molecule has 20 heavy (non-hydrogen) atoms. The Balaban J connectivity index is 2.22. The average Bonchev–Trinajstić information content (AvgIpc) is 2.61. The number of amides is 3. The van der Waals surface area contributed by atoms with E-state index in [1.165, 1.54) is 6.92 Å². The lowest BCUT2D eigenvalue weighted by Crippen LogP contribution is -2.45. The van der Waals surface area contributed by atoms with Crippen LogP contribution in [0.3, 0.4) is 0 Å². The van der Waals surface area contributed by atoms with Crippen LogP contribution < -0.4 is 5.32 Å². The molecule has 2 aliphatic rings. The highest BCUT2D eigenvalue weighted by atomic mass is 16.2. The van der Waals surface area contributed by atoms with E-state index in [0.717, 1.165) is 0 Å². The Labute approximate surface area is 119 Å². The molecule has 0 aromatic rings. The molecule has 2 saturated heterocycles. The van der Waals surface area contributed by atoms with Crippen molar-refractivity contribution in [2.24, 2.45) is 11.3 Å². The Bertz CT molecular complexity index is 435. The molecule has 0 aromatic carbocycles. The molecule has 2 aliphatic heterocycles. The van der Waals surface area contributed by atoms with Crippen LogP contribution in [0, 0.1) is 11.3 Å². The van der Waals surface area contributed by atoms with Crippen molar-refractivity contribution in [1.29, 1.82) is 0 Å². The zero-order chi connectivity index (χ0) is 14.9. The molecule has 0 bridgehead atoms. The smallest absolute Gasteiger partial charge is 0.225 e. The molecular weight excluding hydrogens is 258 g/mol. The Hall–Kier alpha value is -1.59. The Morgan fingerprint density at radius 3 is 2.30 bits per heavy atom. The lowest BCUT2D eigenvalue weighted by Gasteiger charge is -2.32. The molecule has 112 valence electrons. The third-order valence-electron chi connectivity index (χ3n) is 4.14. The summed E-state index contributed by atoms with van der Waals surface area (Å²) in [5, 5.41) is 2.84. The Kier molecular flexibility index (Phi) is 4.01. The van der Waals surface area contributed by atoms with Crippen molar-refractivity contribution in [3.05, 3.63) is 0 Å². The summed E-state index contributed by atoms with van der Waals surface area (Å²) < 4.78 is 0. The van der Waals surface area contributed by atoms with Gasteiger partial charge in [-0.1, -0.05) is 13.8 Å². The van der Waals surface area contributed by atoms with Gasteiger partial charge in [0, 0.05) is 57.4 Å². The van der Waals surface area contributed by atoms with Crippen molar-refractivity contribution in [3.8, 4) is 0 Å². The first-order chi connectivity index (χ1) is 9.33. The van der Waals surface area contributed by atoms with E-state index < -0.39 is 0 Å². The van der Waals surface area contributed by atoms with Crippen LogP contribution in [0.5, 0.6) is 0 Å². The van der Waals surface area contributed by atoms with Crippen molar-refractivity contribution < 1.29 is 14.4 Å². The fraction of sp³-hybridized carbons (Fsp3) is 0.786. The standard InChI is InChI=1S/C14H23N3O3/c1-10(2)13(20)17-5-4-16(11(3)18)8-14(9-17)6-12(19)15-7-14/h10H,4-9H2,1-3H3,(H,15,19).